The van der Waals surface area contributed by atoms with E-state index in [1.807, 2.05) is 4.90 Å². The molecule has 0 radical (unpaired) electrons. The third kappa shape index (κ3) is 4.15. The van der Waals surface area contributed by atoms with Gasteiger partial charge in [0.1, 0.15) is 0 Å². The maximum atomic E-state index is 12.5. The molecule has 1 aliphatic carbocycles. The second-order valence-corrected chi connectivity index (χ2v) is 7.84. The number of piperidine rings is 1. The topological polar surface area (TPSA) is 35.6 Å². The maximum Gasteiger partial charge on any atom is 0.317 e. The molecule has 3 atom stereocenters. The number of nitrogens with one attached hydrogen (secondary N) is 1. The number of likely N-dealkylation sites (tertiary alicyclic amines) is 1. The first-order valence-corrected chi connectivity index (χ1v) is 9.17. The summed E-state index contributed by atoms with van der Waals surface area (Å²) < 4.78 is 0. The van der Waals surface area contributed by atoms with Crippen molar-refractivity contribution in [3.63, 3.8) is 0 Å². The van der Waals surface area contributed by atoms with E-state index in [0.717, 1.165) is 32.0 Å². The van der Waals surface area contributed by atoms with Crippen molar-refractivity contribution in [1.82, 2.24) is 15.1 Å². The van der Waals surface area contributed by atoms with Gasteiger partial charge in [0.15, 0.2) is 0 Å². The number of carbonyl (C=O) groups excluding carboxylic acids is 1. The molecule has 128 valence electrons. The minimum atomic E-state index is 0.146. The molecule has 0 aromatic rings. The van der Waals surface area contributed by atoms with Crippen LogP contribution in [-0.4, -0.2) is 55.1 Å². The van der Waals surface area contributed by atoms with Gasteiger partial charge in [-0.05, 0) is 51.6 Å². The zero-order valence-electron chi connectivity index (χ0n) is 15.0. The molecule has 0 aromatic heterocycles. The predicted molar refractivity (Wildman–Crippen MR) is 92.0 cm³/mol. The SMILES string of the molecule is CC[C@@H]1CCCN(C(=O)NC[C@]2(N(C)C)CCC[C@@H](C)C2)C1. The normalized spacial score (nSPS) is 33.0. The van der Waals surface area contributed by atoms with Gasteiger partial charge in [0.25, 0.3) is 0 Å². The van der Waals surface area contributed by atoms with E-state index in [1.165, 1.54) is 38.5 Å². The van der Waals surface area contributed by atoms with Crippen molar-refractivity contribution in [3.05, 3.63) is 0 Å². The van der Waals surface area contributed by atoms with Crippen molar-refractivity contribution in [2.45, 2.75) is 64.3 Å². The molecule has 0 unspecified atom stereocenters. The average molecular weight is 309 g/mol. The zero-order chi connectivity index (χ0) is 16.2. The van der Waals surface area contributed by atoms with Crippen molar-refractivity contribution < 1.29 is 4.79 Å². The molecule has 0 spiro atoms. The number of nitrogens with zero attached hydrogens (tertiary/aromatic N) is 2. The van der Waals surface area contributed by atoms with Gasteiger partial charge in [0.2, 0.25) is 0 Å². The number of amides is 2. The van der Waals surface area contributed by atoms with Gasteiger partial charge in [-0.2, -0.15) is 0 Å². The third-order valence-corrected chi connectivity index (χ3v) is 5.97. The monoisotopic (exact) mass is 309 g/mol. The molecular formula is C18H35N3O. The first kappa shape index (κ1) is 17.6. The second-order valence-electron chi connectivity index (χ2n) is 7.84. The van der Waals surface area contributed by atoms with Crippen LogP contribution < -0.4 is 5.32 Å². The summed E-state index contributed by atoms with van der Waals surface area (Å²) in [4.78, 5) is 16.9. The Hall–Kier alpha value is -0.770. The van der Waals surface area contributed by atoms with E-state index in [2.05, 4.69) is 38.2 Å². The fraction of sp³-hybridized carbons (Fsp3) is 0.944. The van der Waals surface area contributed by atoms with Crippen molar-refractivity contribution in [1.29, 1.82) is 0 Å². The lowest BCUT2D eigenvalue weighted by atomic mass is 9.75. The van der Waals surface area contributed by atoms with Crippen LogP contribution in [0.3, 0.4) is 0 Å². The molecule has 1 heterocycles. The molecule has 4 heteroatoms. The Kier molecular flexibility index (Phi) is 6.13. The fourth-order valence-electron chi connectivity index (χ4n) is 4.29. The molecular weight excluding hydrogens is 274 g/mol. The van der Waals surface area contributed by atoms with Gasteiger partial charge in [-0.15, -0.1) is 0 Å². The quantitative estimate of drug-likeness (QED) is 0.864. The van der Waals surface area contributed by atoms with Crippen LogP contribution >= 0.6 is 0 Å². The van der Waals surface area contributed by atoms with E-state index in [9.17, 15) is 4.79 Å². The highest BCUT2D eigenvalue weighted by Gasteiger charge is 2.37. The number of carbonyl (C=O) groups is 1. The summed E-state index contributed by atoms with van der Waals surface area (Å²) in [6.45, 7) is 7.23. The van der Waals surface area contributed by atoms with Crippen LogP contribution in [0.5, 0.6) is 0 Å². The molecule has 2 amide bonds. The van der Waals surface area contributed by atoms with Crippen LogP contribution in [0, 0.1) is 11.8 Å². The molecule has 2 fully saturated rings. The van der Waals surface area contributed by atoms with Gasteiger partial charge in [0.05, 0.1) is 0 Å². The predicted octanol–water partition coefficient (Wildman–Crippen LogP) is 3.33. The lowest BCUT2D eigenvalue weighted by Gasteiger charge is -2.45. The standard InChI is InChI=1S/C18H35N3O/c1-5-16-9-7-11-21(13-16)17(22)19-14-18(20(3)4)10-6-8-15(2)12-18/h15-16H,5-14H2,1-4H3,(H,19,22)/t15-,16-,18+/m1/s1. The van der Waals surface area contributed by atoms with Gasteiger partial charge < -0.3 is 15.1 Å². The molecule has 4 nitrogen and oxygen atoms in total. The molecule has 22 heavy (non-hydrogen) atoms. The third-order valence-electron chi connectivity index (χ3n) is 5.97. The number of likely N-dealkylation sites (N-methyl/N-ethyl adjacent to an activating group) is 1. The number of urea groups is 1. The molecule has 0 bridgehead atoms. The van der Waals surface area contributed by atoms with Crippen LogP contribution in [0.2, 0.25) is 0 Å². The van der Waals surface area contributed by atoms with Crippen molar-refractivity contribution in [3.8, 4) is 0 Å². The summed E-state index contributed by atoms with van der Waals surface area (Å²) in [5.41, 5.74) is 0.146. The molecule has 1 N–H and O–H groups in total. The number of hydrogen-bond acceptors (Lipinski definition) is 2. The number of hydrogen-bond donors (Lipinski definition) is 1. The minimum absolute atomic E-state index is 0.146. The first-order valence-electron chi connectivity index (χ1n) is 9.17. The summed E-state index contributed by atoms with van der Waals surface area (Å²) in [6.07, 6.45) is 8.61. The summed E-state index contributed by atoms with van der Waals surface area (Å²) in [6, 6.07) is 0.151. The Morgan fingerprint density at radius 2 is 2.09 bits per heavy atom. The van der Waals surface area contributed by atoms with Crippen molar-refractivity contribution >= 4 is 6.03 Å². The Morgan fingerprint density at radius 3 is 2.73 bits per heavy atom. The van der Waals surface area contributed by atoms with Gasteiger partial charge >= 0.3 is 6.03 Å². The van der Waals surface area contributed by atoms with Crippen LogP contribution in [0.25, 0.3) is 0 Å². The van der Waals surface area contributed by atoms with Crippen LogP contribution in [0.15, 0.2) is 0 Å². The highest BCUT2D eigenvalue weighted by atomic mass is 16.2. The zero-order valence-corrected chi connectivity index (χ0v) is 15.0. The number of rotatable bonds is 4. The van der Waals surface area contributed by atoms with Crippen LogP contribution in [0.4, 0.5) is 4.79 Å². The molecule has 1 aliphatic heterocycles. The Bertz CT molecular complexity index is 371. The Balaban J connectivity index is 1.90. The van der Waals surface area contributed by atoms with Crippen molar-refractivity contribution in [2.75, 3.05) is 33.7 Å². The Morgan fingerprint density at radius 1 is 1.32 bits per heavy atom. The minimum Gasteiger partial charge on any atom is -0.336 e. The second kappa shape index (κ2) is 7.67. The van der Waals surface area contributed by atoms with Crippen LogP contribution in [0.1, 0.15) is 58.8 Å². The smallest absolute Gasteiger partial charge is 0.317 e. The largest absolute Gasteiger partial charge is 0.336 e. The van der Waals surface area contributed by atoms with E-state index in [4.69, 9.17) is 0 Å². The molecule has 2 aliphatic rings. The van der Waals surface area contributed by atoms with E-state index in [-0.39, 0.29) is 11.6 Å². The lowest BCUT2D eigenvalue weighted by Crippen LogP contribution is -2.57. The van der Waals surface area contributed by atoms with E-state index in [1.54, 1.807) is 0 Å². The average Bonchev–Trinajstić information content (AvgIpc) is 2.52. The Labute approximate surface area is 136 Å². The summed E-state index contributed by atoms with van der Waals surface area (Å²) in [5, 5.41) is 3.25. The van der Waals surface area contributed by atoms with E-state index >= 15 is 0 Å². The van der Waals surface area contributed by atoms with Crippen LogP contribution in [-0.2, 0) is 0 Å². The molecule has 0 aromatic carbocycles. The van der Waals surface area contributed by atoms with Crippen molar-refractivity contribution in [2.24, 2.45) is 11.8 Å². The fourth-order valence-corrected chi connectivity index (χ4v) is 4.29. The van der Waals surface area contributed by atoms with Gasteiger partial charge in [0, 0.05) is 25.2 Å². The lowest BCUT2D eigenvalue weighted by molar-refractivity contribution is 0.0741. The summed E-state index contributed by atoms with van der Waals surface area (Å²) in [5.74, 6) is 1.45. The summed E-state index contributed by atoms with van der Waals surface area (Å²) in [7, 11) is 4.33. The summed E-state index contributed by atoms with van der Waals surface area (Å²) >= 11 is 0. The highest BCUT2D eigenvalue weighted by Crippen LogP contribution is 2.35. The first-order chi connectivity index (χ1) is 10.5. The van der Waals surface area contributed by atoms with Gasteiger partial charge in [-0.25, -0.2) is 4.79 Å². The van der Waals surface area contributed by atoms with Gasteiger partial charge in [-0.1, -0.05) is 33.1 Å². The molecule has 2 rings (SSSR count). The molecule has 1 saturated heterocycles. The van der Waals surface area contributed by atoms with Gasteiger partial charge in [-0.3, -0.25) is 0 Å². The molecule has 1 saturated carbocycles. The van der Waals surface area contributed by atoms with E-state index in [0.29, 0.717) is 5.92 Å². The highest BCUT2D eigenvalue weighted by molar-refractivity contribution is 5.74. The maximum absolute atomic E-state index is 12.5. The van der Waals surface area contributed by atoms with E-state index < -0.39 is 0 Å².